The third-order valence-electron chi connectivity index (χ3n) is 1.86. The van der Waals surface area contributed by atoms with E-state index in [4.69, 9.17) is 5.73 Å². The molecule has 1 aromatic carbocycles. The van der Waals surface area contributed by atoms with Crippen molar-refractivity contribution in [3.8, 4) is 0 Å². The van der Waals surface area contributed by atoms with Crippen molar-refractivity contribution in [1.82, 2.24) is 0 Å². The van der Waals surface area contributed by atoms with Gasteiger partial charge >= 0.3 is 0 Å². The first-order chi connectivity index (χ1) is 5.66. The van der Waals surface area contributed by atoms with Gasteiger partial charge in [0.1, 0.15) is 0 Å². The largest absolute Gasteiger partial charge is 0.366 e. The lowest BCUT2D eigenvalue weighted by Gasteiger charge is -2.03. The predicted octanol–water partition coefficient (Wildman–Crippen LogP) is 1.74. The molecule has 0 fully saturated rings. The van der Waals surface area contributed by atoms with Crippen molar-refractivity contribution in [2.24, 2.45) is 5.73 Å². The SMILES string of the molecule is C=Cc1cccc(C(N)=O)c1C. The molecule has 0 radical (unpaired) electrons. The molecule has 0 spiro atoms. The molecule has 2 N–H and O–H groups in total. The van der Waals surface area contributed by atoms with E-state index in [9.17, 15) is 4.79 Å². The average molecular weight is 161 g/mol. The molecule has 0 aliphatic carbocycles. The maximum atomic E-state index is 10.9. The summed E-state index contributed by atoms with van der Waals surface area (Å²) < 4.78 is 0. The lowest BCUT2D eigenvalue weighted by molar-refractivity contribution is 0.0999. The second-order valence-electron chi connectivity index (χ2n) is 2.59. The van der Waals surface area contributed by atoms with Crippen molar-refractivity contribution in [3.05, 3.63) is 41.5 Å². The van der Waals surface area contributed by atoms with Gasteiger partial charge in [-0.3, -0.25) is 4.79 Å². The number of carbonyl (C=O) groups is 1. The second kappa shape index (κ2) is 3.22. The van der Waals surface area contributed by atoms with E-state index in [1.54, 1.807) is 18.2 Å². The summed E-state index contributed by atoms with van der Waals surface area (Å²) in [5, 5.41) is 0. The van der Waals surface area contributed by atoms with Crippen molar-refractivity contribution < 1.29 is 4.79 Å². The molecule has 1 rings (SSSR count). The number of hydrogen-bond donors (Lipinski definition) is 1. The molecule has 12 heavy (non-hydrogen) atoms. The lowest BCUT2D eigenvalue weighted by Crippen LogP contribution is -2.12. The molecule has 0 saturated carbocycles. The minimum atomic E-state index is -0.392. The molecule has 1 aromatic rings. The Morgan fingerprint density at radius 2 is 2.25 bits per heavy atom. The number of amides is 1. The molecule has 0 aliphatic heterocycles. The van der Waals surface area contributed by atoms with E-state index in [0.717, 1.165) is 11.1 Å². The molecular formula is C10H11NO. The molecule has 0 atom stereocenters. The van der Waals surface area contributed by atoms with Crippen LogP contribution in [0.3, 0.4) is 0 Å². The fourth-order valence-corrected chi connectivity index (χ4v) is 1.14. The van der Waals surface area contributed by atoms with E-state index in [1.165, 1.54) is 0 Å². The second-order valence-corrected chi connectivity index (χ2v) is 2.59. The predicted molar refractivity (Wildman–Crippen MR) is 49.8 cm³/mol. The Kier molecular flexibility index (Phi) is 2.29. The first-order valence-electron chi connectivity index (χ1n) is 3.68. The van der Waals surface area contributed by atoms with Gasteiger partial charge in [0.05, 0.1) is 0 Å². The maximum absolute atomic E-state index is 10.9. The summed E-state index contributed by atoms with van der Waals surface area (Å²) >= 11 is 0. The van der Waals surface area contributed by atoms with E-state index >= 15 is 0 Å². The summed E-state index contributed by atoms with van der Waals surface area (Å²) in [4.78, 5) is 10.9. The van der Waals surface area contributed by atoms with Crippen LogP contribution >= 0.6 is 0 Å². The van der Waals surface area contributed by atoms with Crippen LogP contribution in [0, 0.1) is 6.92 Å². The molecule has 1 amide bonds. The van der Waals surface area contributed by atoms with Gasteiger partial charge in [0.2, 0.25) is 5.91 Å². The van der Waals surface area contributed by atoms with Gasteiger partial charge in [-0.05, 0) is 24.1 Å². The Hall–Kier alpha value is -1.57. The molecule has 0 unspecified atom stereocenters. The molecule has 0 bridgehead atoms. The molecular weight excluding hydrogens is 150 g/mol. The van der Waals surface area contributed by atoms with Crippen LogP contribution in [0.25, 0.3) is 6.08 Å². The zero-order valence-corrected chi connectivity index (χ0v) is 7.00. The fraction of sp³-hybridized carbons (Fsp3) is 0.100. The minimum Gasteiger partial charge on any atom is -0.366 e. The standard InChI is InChI=1S/C10H11NO/c1-3-8-5-4-6-9(7(8)2)10(11)12/h3-6H,1H2,2H3,(H2,11,12). The van der Waals surface area contributed by atoms with Crippen LogP contribution in [-0.4, -0.2) is 5.91 Å². The Bertz CT molecular complexity index is 329. The van der Waals surface area contributed by atoms with Gasteiger partial charge in [-0.25, -0.2) is 0 Å². The smallest absolute Gasteiger partial charge is 0.248 e. The van der Waals surface area contributed by atoms with E-state index in [-0.39, 0.29) is 0 Å². The zero-order chi connectivity index (χ0) is 9.14. The Labute approximate surface area is 71.7 Å². The van der Waals surface area contributed by atoms with Gasteiger partial charge in [-0.2, -0.15) is 0 Å². The van der Waals surface area contributed by atoms with Crippen LogP contribution in [0.15, 0.2) is 24.8 Å². The third kappa shape index (κ3) is 1.37. The highest BCUT2D eigenvalue weighted by Crippen LogP contribution is 2.13. The van der Waals surface area contributed by atoms with Crippen molar-refractivity contribution in [1.29, 1.82) is 0 Å². The van der Waals surface area contributed by atoms with Crippen molar-refractivity contribution in [2.45, 2.75) is 6.92 Å². The van der Waals surface area contributed by atoms with Crippen LogP contribution in [0.1, 0.15) is 21.5 Å². The molecule has 0 saturated heterocycles. The molecule has 0 aromatic heterocycles. The van der Waals surface area contributed by atoms with Gasteiger partial charge in [0.25, 0.3) is 0 Å². The van der Waals surface area contributed by atoms with Gasteiger partial charge in [-0.15, -0.1) is 0 Å². The first-order valence-corrected chi connectivity index (χ1v) is 3.68. The summed E-state index contributed by atoms with van der Waals surface area (Å²) in [7, 11) is 0. The van der Waals surface area contributed by atoms with Crippen LogP contribution in [0.2, 0.25) is 0 Å². The normalized spacial score (nSPS) is 9.42. The Balaban J connectivity index is 3.32. The van der Waals surface area contributed by atoms with Crippen LogP contribution in [-0.2, 0) is 0 Å². The van der Waals surface area contributed by atoms with E-state index in [2.05, 4.69) is 6.58 Å². The quantitative estimate of drug-likeness (QED) is 0.705. The average Bonchev–Trinajstić information content (AvgIpc) is 2.04. The van der Waals surface area contributed by atoms with Crippen LogP contribution in [0.5, 0.6) is 0 Å². The van der Waals surface area contributed by atoms with Crippen molar-refractivity contribution in [2.75, 3.05) is 0 Å². The number of carbonyl (C=O) groups excluding carboxylic acids is 1. The summed E-state index contributed by atoms with van der Waals surface area (Å²) in [6, 6.07) is 5.41. The lowest BCUT2D eigenvalue weighted by atomic mass is 10.0. The Morgan fingerprint density at radius 3 is 2.75 bits per heavy atom. The number of benzene rings is 1. The third-order valence-corrected chi connectivity index (χ3v) is 1.86. The molecule has 0 aliphatic rings. The molecule has 62 valence electrons. The van der Waals surface area contributed by atoms with Gasteiger partial charge in [0, 0.05) is 5.56 Å². The number of nitrogens with two attached hydrogens (primary N) is 1. The first kappa shape index (κ1) is 8.53. The topological polar surface area (TPSA) is 43.1 Å². The highest BCUT2D eigenvalue weighted by molar-refractivity contribution is 5.95. The highest BCUT2D eigenvalue weighted by atomic mass is 16.1. The number of rotatable bonds is 2. The van der Waals surface area contributed by atoms with E-state index in [0.29, 0.717) is 5.56 Å². The molecule has 0 heterocycles. The summed E-state index contributed by atoms with van der Waals surface area (Å²) in [6.45, 7) is 5.50. The zero-order valence-electron chi connectivity index (χ0n) is 7.00. The van der Waals surface area contributed by atoms with Crippen LogP contribution in [0.4, 0.5) is 0 Å². The van der Waals surface area contributed by atoms with Crippen LogP contribution < -0.4 is 5.73 Å². The van der Waals surface area contributed by atoms with Gasteiger partial charge in [-0.1, -0.05) is 24.8 Å². The fourth-order valence-electron chi connectivity index (χ4n) is 1.14. The summed E-state index contributed by atoms with van der Waals surface area (Å²) in [5.41, 5.74) is 7.57. The molecule has 2 nitrogen and oxygen atoms in total. The highest BCUT2D eigenvalue weighted by Gasteiger charge is 2.05. The van der Waals surface area contributed by atoms with Gasteiger partial charge in [0.15, 0.2) is 0 Å². The molecule has 2 heteroatoms. The number of hydrogen-bond acceptors (Lipinski definition) is 1. The summed E-state index contributed by atoms with van der Waals surface area (Å²) in [5.74, 6) is -0.392. The summed E-state index contributed by atoms with van der Waals surface area (Å²) in [6.07, 6.45) is 1.71. The van der Waals surface area contributed by atoms with Crippen molar-refractivity contribution >= 4 is 12.0 Å². The van der Waals surface area contributed by atoms with E-state index in [1.807, 2.05) is 13.0 Å². The van der Waals surface area contributed by atoms with Crippen molar-refractivity contribution in [3.63, 3.8) is 0 Å². The number of primary amides is 1. The minimum absolute atomic E-state index is 0.392. The Morgan fingerprint density at radius 1 is 1.58 bits per heavy atom. The van der Waals surface area contributed by atoms with E-state index < -0.39 is 5.91 Å². The van der Waals surface area contributed by atoms with Gasteiger partial charge < -0.3 is 5.73 Å². The monoisotopic (exact) mass is 161 g/mol. The maximum Gasteiger partial charge on any atom is 0.248 e.